The molecule has 0 aromatic heterocycles. The van der Waals surface area contributed by atoms with E-state index in [2.05, 4.69) is 15.9 Å². The molecule has 0 spiro atoms. The highest BCUT2D eigenvalue weighted by atomic mass is 79.9. The number of aliphatic carboxylic acids is 1. The molecule has 1 fully saturated rings. The summed E-state index contributed by atoms with van der Waals surface area (Å²) in [6.07, 6.45) is 2.13. The zero-order valence-corrected chi connectivity index (χ0v) is 11.4. The summed E-state index contributed by atoms with van der Waals surface area (Å²) in [5.41, 5.74) is 0.320. The number of ether oxygens (including phenoxy) is 1. The Hall–Kier alpha value is -1.07. The standard InChI is InChI=1S/C13H15BrO4/c14-10-4-9(12(15)13(16)17)5-11(6-10)18-7-8-2-1-3-8/h4-6,8,12,15H,1-3,7H2,(H,16,17). The molecule has 0 amide bonds. The molecule has 2 N–H and O–H groups in total. The largest absolute Gasteiger partial charge is 0.493 e. The van der Waals surface area contributed by atoms with Crippen molar-refractivity contribution in [2.45, 2.75) is 25.4 Å². The summed E-state index contributed by atoms with van der Waals surface area (Å²) >= 11 is 3.28. The fourth-order valence-electron chi connectivity index (χ4n) is 1.84. The zero-order chi connectivity index (χ0) is 13.1. The lowest BCUT2D eigenvalue weighted by Gasteiger charge is -2.25. The first-order chi connectivity index (χ1) is 8.56. The molecule has 5 heteroatoms. The highest BCUT2D eigenvalue weighted by Crippen LogP contribution is 2.29. The summed E-state index contributed by atoms with van der Waals surface area (Å²) in [4.78, 5) is 10.7. The number of aliphatic hydroxyl groups is 1. The van der Waals surface area contributed by atoms with Crippen LogP contribution in [0.15, 0.2) is 22.7 Å². The van der Waals surface area contributed by atoms with Gasteiger partial charge in [0.1, 0.15) is 5.75 Å². The summed E-state index contributed by atoms with van der Waals surface area (Å²) < 4.78 is 6.33. The normalized spacial score (nSPS) is 17.0. The maximum absolute atomic E-state index is 10.7. The van der Waals surface area contributed by atoms with Gasteiger partial charge in [0.2, 0.25) is 0 Å². The summed E-state index contributed by atoms with van der Waals surface area (Å²) in [5, 5.41) is 18.3. The highest BCUT2D eigenvalue weighted by Gasteiger charge is 2.20. The molecule has 0 radical (unpaired) electrons. The molecule has 1 aliphatic carbocycles. The van der Waals surface area contributed by atoms with Crippen LogP contribution in [-0.4, -0.2) is 22.8 Å². The van der Waals surface area contributed by atoms with E-state index >= 15 is 0 Å². The van der Waals surface area contributed by atoms with Crippen molar-refractivity contribution in [2.75, 3.05) is 6.61 Å². The molecule has 0 saturated heterocycles. The number of carboxylic acid groups (broad SMARTS) is 1. The van der Waals surface area contributed by atoms with Crippen molar-refractivity contribution >= 4 is 21.9 Å². The molecule has 1 aromatic rings. The molecule has 98 valence electrons. The second kappa shape index (κ2) is 5.71. The van der Waals surface area contributed by atoms with Crippen LogP contribution in [0.25, 0.3) is 0 Å². The molecular formula is C13H15BrO4. The maximum atomic E-state index is 10.7. The fourth-order valence-corrected chi connectivity index (χ4v) is 2.33. The van der Waals surface area contributed by atoms with Gasteiger partial charge in [-0.25, -0.2) is 4.79 Å². The van der Waals surface area contributed by atoms with Crippen LogP contribution in [0.5, 0.6) is 5.75 Å². The molecule has 1 atom stereocenters. The van der Waals surface area contributed by atoms with E-state index in [-0.39, 0.29) is 0 Å². The van der Waals surface area contributed by atoms with E-state index in [1.165, 1.54) is 19.3 Å². The van der Waals surface area contributed by atoms with Crippen molar-refractivity contribution in [1.29, 1.82) is 0 Å². The number of rotatable bonds is 5. The summed E-state index contributed by atoms with van der Waals surface area (Å²) in [7, 11) is 0. The third-order valence-electron chi connectivity index (χ3n) is 3.15. The second-order valence-corrected chi connectivity index (χ2v) is 5.48. The van der Waals surface area contributed by atoms with Gasteiger partial charge in [0, 0.05) is 4.47 Å². The lowest BCUT2D eigenvalue weighted by Crippen LogP contribution is -2.19. The van der Waals surface area contributed by atoms with Gasteiger partial charge in [0.15, 0.2) is 6.10 Å². The first-order valence-corrected chi connectivity index (χ1v) is 6.69. The molecule has 4 nitrogen and oxygen atoms in total. The Labute approximate surface area is 114 Å². The van der Waals surface area contributed by atoms with Crippen LogP contribution in [-0.2, 0) is 4.79 Å². The Bertz CT molecular complexity index is 443. The van der Waals surface area contributed by atoms with Gasteiger partial charge >= 0.3 is 5.97 Å². The Morgan fingerprint density at radius 3 is 2.72 bits per heavy atom. The quantitative estimate of drug-likeness (QED) is 0.877. The van der Waals surface area contributed by atoms with E-state index in [9.17, 15) is 9.90 Å². The van der Waals surface area contributed by atoms with Crippen molar-refractivity contribution in [3.63, 3.8) is 0 Å². The number of aliphatic hydroxyl groups excluding tert-OH is 1. The van der Waals surface area contributed by atoms with Gasteiger partial charge in [0.05, 0.1) is 6.61 Å². The molecular weight excluding hydrogens is 300 g/mol. The van der Waals surface area contributed by atoms with Gasteiger partial charge in [-0.05, 0) is 42.5 Å². The number of benzene rings is 1. The lowest BCUT2D eigenvalue weighted by atomic mass is 9.86. The summed E-state index contributed by atoms with van der Waals surface area (Å²) in [6, 6.07) is 4.92. The Kier molecular flexibility index (Phi) is 4.24. The van der Waals surface area contributed by atoms with Crippen molar-refractivity contribution in [3.05, 3.63) is 28.2 Å². The van der Waals surface area contributed by atoms with Gasteiger partial charge in [-0.1, -0.05) is 22.4 Å². The average Bonchev–Trinajstić information content (AvgIpc) is 2.25. The van der Waals surface area contributed by atoms with Crippen LogP contribution in [0.1, 0.15) is 30.9 Å². The van der Waals surface area contributed by atoms with Crippen molar-refractivity contribution < 1.29 is 19.7 Å². The molecule has 1 aliphatic rings. The first kappa shape index (κ1) is 13.4. The third-order valence-corrected chi connectivity index (χ3v) is 3.61. The van der Waals surface area contributed by atoms with Crippen LogP contribution in [0, 0.1) is 5.92 Å². The van der Waals surface area contributed by atoms with Gasteiger partial charge in [-0.15, -0.1) is 0 Å². The SMILES string of the molecule is O=C(O)C(O)c1cc(Br)cc(OCC2CCC2)c1. The van der Waals surface area contributed by atoms with E-state index < -0.39 is 12.1 Å². The zero-order valence-electron chi connectivity index (χ0n) is 9.80. The third kappa shape index (κ3) is 3.23. The lowest BCUT2D eigenvalue weighted by molar-refractivity contribution is -0.146. The van der Waals surface area contributed by atoms with Crippen molar-refractivity contribution in [1.82, 2.24) is 0 Å². The van der Waals surface area contributed by atoms with E-state index in [1.54, 1.807) is 18.2 Å². The topological polar surface area (TPSA) is 66.8 Å². The number of hydrogen-bond donors (Lipinski definition) is 2. The van der Waals surface area contributed by atoms with E-state index in [0.29, 0.717) is 28.3 Å². The monoisotopic (exact) mass is 314 g/mol. The molecule has 0 bridgehead atoms. The van der Waals surface area contributed by atoms with Gasteiger partial charge in [-0.2, -0.15) is 0 Å². The second-order valence-electron chi connectivity index (χ2n) is 4.57. The minimum absolute atomic E-state index is 0.320. The Morgan fingerprint density at radius 1 is 1.44 bits per heavy atom. The number of carboxylic acids is 1. The fraction of sp³-hybridized carbons (Fsp3) is 0.462. The van der Waals surface area contributed by atoms with Crippen molar-refractivity contribution in [2.24, 2.45) is 5.92 Å². The summed E-state index contributed by atoms with van der Waals surface area (Å²) in [6.45, 7) is 0.652. The molecule has 0 heterocycles. The molecule has 1 saturated carbocycles. The van der Waals surface area contributed by atoms with E-state index in [4.69, 9.17) is 9.84 Å². The van der Waals surface area contributed by atoms with Gasteiger partial charge in [-0.3, -0.25) is 0 Å². The maximum Gasteiger partial charge on any atom is 0.337 e. The van der Waals surface area contributed by atoms with E-state index in [0.717, 1.165) is 0 Å². The Morgan fingerprint density at radius 2 is 2.17 bits per heavy atom. The van der Waals surface area contributed by atoms with Crippen molar-refractivity contribution in [3.8, 4) is 5.75 Å². The minimum Gasteiger partial charge on any atom is -0.493 e. The molecule has 1 unspecified atom stereocenters. The van der Waals surface area contributed by atoms with Crippen LogP contribution < -0.4 is 4.74 Å². The highest BCUT2D eigenvalue weighted by molar-refractivity contribution is 9.10. The molecule has 0 aliphatic heterocycles. The summed E-state index contributed by atoms with van der Waals surface area (Å²) in [5.74, 6) is -0.0681. The average molecular weight is 315 g/mol. The number of halogens is 1. The van der Waals surface area contributed by atoms with Gasteiger partial charge < -0.3 is 14.9 Å². The molecule has 18 heavy (non-hydrogen) atoms. The molecule has 2 rings (SSSR count). The predicted molar refractivity (Wildman–Crippen MR) is 69.6 cm³/mol. The predicted octanol–water partition coefficient (Wildman–Crippen LogP) is 2.75. The number of hydrogen-bond acceptors (Lipinski definition) is 3. The number of carbonyl (C=O) groups is 1. The molecule has 1 aromatic carbocycles. The van der Waals surface area contributed by atoms with Crippen LogP contribution >= 0.6 is 15.9 Å². The van der Waals surface area contributed by atoms with E-state index in [1.807, 2.05) is 0 Å². The first-order valence-electron chi connectivity index (χ1n) is 5.90. The van der Waals surface area contributed by atoms with Crippen LogP contribution in [0.4, 0.5) is 0 Å². The van der Waals surface area contributed by atoms with Crippen LogP contribution in [0.3, 0.4) is 0 Å². The Balaban J connectivity index is 2.07. The smallest absolute Gasteiger partial charge is 0.337 e. The van der Waals surface area contributed by atoms with Gasteiger partial charge in [0.25, 0.3) is 0 Å². The van der Waals surface area contributed by atoms with Crippen LogP contribution in [0.2, 0.25) is 0 Å². The minimum atomic E-state index is -1.52.